The van der Waals surface area contributed by atoms with E-state index in [1.807, 2.05) is 0 Å². The van der Waals surface area contributed by atoms with Crippen molar-refractivity contribution in [3.05, 3.63) is 58.9 Å². The van der Waals surface area contributed by atoms with Crippen molar-refractivity contribution < 1.29 is 24.5 Å². The SMILES string of the molecule is O=CNC(C(=O)O)c1nc(C2CC2)c2cc(Oc3cccc(Cl)c3)ccc2c1O. The lowest BCUT2D eigenvalue weighted by Gasteiger charge is -2.17. The van der Waals surface area contributed by atoms with E-state index in [1.165, 1.54) is 0 Å². The fraction of sp³-hybridized carbons (Fsp3) is 0.190. The van der Waals surface area contributed by atoms with Crippen LogP contribution in [0.4, 0.5) is 0 Å². The molecule has 4 rings (SSSR count). The summed E-state index contributed by atoms with van der Waals surface area (Å²) in [5.74, 6) is -0.303. The van der Waals surface area contributed by atoms with Crippen LogP contribution in [-0.2, 0) is 9.59 Å². The summed E-state index contributed by atoms with van der Waals surface area (Å²) in [6, 6.07) is 10.7. The summed E-state index contributed by atoms with van der Waals surface area (Å²) in [5.41, 5.74) is 0.603. The highest BCUT2D eigenvalue weighted by Gasteiger charge is 2.32. The normalized spacial score (nSPS) is 14.4. The highest BCUT2D eigenvalue weighted by atomic mass is 35.5. The number of aromatic nitrogens is 1. The number of fused-ring (bicyclic) bond motifs is 1. The summed E-state index contributed by atoms with van der Waals surface area (Å²) in [6.45, 7) is 0. The molecular formula is C21H17ClN2O5. The van der Waals surface area contributed by atoms with Crippen LogP contribution in [0.1, 0.15) is 36.2 Å². The summed E-state index contributed by atoms with van der Waals surface area (Å²) >= 11 is 6.00. The van der Waals surface area contributed by atoms with Crippen LogP contribution in [0.2, 0.25) is 5.02 Å². The van der Waals surface area contributed by atoms with Gasteiger partial charge in [-0.2, -0.15) is 0 Å². The Morgan fingerprint density at radius 3 is 2.62 bits per heavy atom. The van der Waals surface area contributed by atoms with Gasteiger partial charge in [0, 0.05) is 21.7 Å². The second-order valence-electron chi connectivity index (χ2n) is 6.83. The summed E-state index contributed by atoms with van der Waals surface area (Å²) in [5, 5.41) is 24.0. The van der Waals surface area contributed by atoms with Gasteiger partial charge in [0.2, 0.25) is 6.41 Å². The number of hydrogen-bond acceptors (Lipinski definition) is 5. The molecule has 29 heavy (non-hydrogen) atoms. The molecule has 7 nitrogen and oxygen atoms in total. The maximum absolute atomic E-state index is 11.6. The van der Waals surface area contributed by atoms with Crippen LogP contribution < -0.4 is 10.1 Å². The van der Waals surface area contributed by atoms with Crippen LogP contribution in [-0.4, -0.2) is 27.6 Å². The predicted molar refractivity (Wildman–Crippen MR) is 106 cm³/mol. The van der Waals surface area contributed by atoms with Crippen molar-refractivity contribution in [2.24, 2.45) is 0 Å². The van der Waals surface area contributed by atoms with Crippen molar-refractivity contribution in [3.63, 3.8) is 0 Å². The van der Waals surface area contributed by atoms with Crippen molar-refractivity contribution in [3.8, 4) is 17.2 Å². The molecule has 1 saturated carbocycles. The molecule has 1 atom stereocenters. The number of aromatic hydroxyl groups is 1. The molecule has 1 aliphatic carbocycles. The molecule has 0 saturated heterocycles. The second-order valence-corrected chi connectivity index (χ2v) is 7.26. The highest BCUT2D eigenvalue weighted by molar-refractivity contribution is 6.30. The van der Waals surface area contributed by atoms with E-state index in [4.69, 9.17) is 16.3 Å². The minimum Gasteiger partial charge on any atom is -0.505 e. The molecule has 3 aromatic rings. The molecule has 1 heterocycles. The number of pyridine rings is 1. The number of benzene rings is 2. The Bertz CT molecular complexity index is 1110. The quantitative estimate of drug-likeness (QED) is 0.503. The van der Waals surface area contributed by atoms with Gasteiger partial charge in [0.05, 0.1) is 5.69 Å². The molecule has 148 valence electrons. The van der Waals surface area contributed by atoms with E-state index in [0.717, 1.165) is 12.8 Å². The smallest absolute Gasteiger partial charge is 0.332 e. The number of ether oxygens (including phenoxy) is 1. The molecule has 2 aromatic carbocycles. The number of nitrogens with zero attached hydrogens (tertiary/aromatic N) is 1. The van der Waals surface area contributed by atoms with Gasteiger partial charge in [-0.1, -0.05) is 17.7 Å². The van der Waals surface area contributed by atoms with Crippen LogP contribution >= 0.6 is 11.6 Å². The maximum atomic E-state index is 11.6. The molecular weight excluding hydrogens is 396 g/mol. The fourth-order valence-corrected chi connectivity index (χ4v) is 3.44. The predicted octanol–water partition coefficient (Wildman–Crippen LogP) is 4.14. The largest absolute Gasteiger partial charge is 0.505 e. The van der Waals surface area contributed by atoms with E-state index >= 15 is 0 Å². The summed E-state index contributed by atoms with van der Waals surface area (Å²) < 4.78 is 5.87. The van der Waals surface area contributed by atoms with E-state index in [1.54, 1.807) is 42.5 Å². The molecule has 1 unspecified atom stereocenters. The van der Waals surface area contributed by atoms with E-state index in [9.17, 15) is 19.8 Å². The standard InChI is InChI=1S/C21H17ClN2O5/c22-12-2-1-3-13(8-12)29-14-6-7-15-16(9-14)17(11-4-5-11)24-18(20(15)26)19(21(27)28)23-10-25/h1-3,6-11,19,26H,4-5H2,(H,23,25)(H,27,28). The average Bonchev–Trinajstić information content (AvgIpc) is 3.52. The molecule has 1 fully saturated rings. The van der Waals surface area contributed by atoms with Gasteiger partial charge in [-0.05, 0) is 49.2 Å². The van der Waals surface area contributed by atoms with Gasteiger partial charge < -0.3 is 20.3 Å². The third-order valence-corrected chi connectivity index (χ3v) is 4.99. The van der Waals surface area contributed by atoms with Gasteiger partial charge in [0.15, 0.2) is 6.04 Å². The number of carboxylic acids is 1. The Morgan fingerprint density at radius 1 is 1.21 bits per heavy atom. The Labute approximate surface area is 170 Å². The number of aliphatic carboxylic acids is 1. The topological polar surface area (TPSA) is 109 Å². The first-order valence-corrected chi connectivity index (χ1v) is 9.38. The lowest BCUT2D eigenvalue weighted by molar-refractivity contribution is -0.140. The lowest BCUT2D eigenvalue weighted by atomic mass is 10.0. The number of carbonyl (C=O) groups is 2. The second kappa shape index (κ2) is 7.60. The molecule has 1 aliphatic rings. The number of halogens is 1. The Morgan fingerprint density at radius 2 is 1.97 bits per heavy atom. The van der Waals surface area contributed by atoms with Crippen molar-refractivity contribution >= 4 is 34.8 Å². The monoisotopic (exact) mass is 412 g/mol. The number of carboxylic acid groups (broad SMARTS) is 1. The van der Waals surface area contributed by atoms with Gasteiger partial charge in [0.1, 0.15) is 22.9 Å². The van der Waals surface area contributed by atoms with Gasteiger partial charge in [-0.25, -0.2) is 4.79 Å². The van der Waals surface area contributed by atoms with Crippen LogP contribution in [0.5, 0.6) is 17.2 Å². The van der Waals surface area contributed by atoms with E-state index in [2.05, 4.69) is 10.3 Å². The summed E-state index contributed by atoms with van der Waals surface area (Å²) in [6.07, 6.45) is 2.12. The Kier molecular flexibility index (Phi) is 4.98. The molecule has 0 aliphatic heterocycles. The van der Waals surface area contributed by atoms with Crippen LogP contribution in [0, 0.1) is 0 Å². The van der Waals surface area contributed by atoms with Crippen LogP contribution in [0.25, 0.3) is 10.8 Å². The van der Waals surface area contributed by atoms with Gasteiger partial charge in [-0.15, -0.1) is 0 Å². The van der Waals surface area contributed by atoms with Gasteiger partial charge in [-0.3, -0.25) is 9.78 Å². The molecule has 1 amide bonds. The van der Waals surface area contributed by atoms with Crippen LogP contribution in [0.3, 0.4) is 0 Å². The molecule has 8 heteroatoms. The first-order valence-electron chi connectivity index (χ1n) is 9.00. The molecule has 3 N–H and O–H groups in total. The zero-order valence-corrected chi connectivity index (χ0v) is 15.9. The van der Waals surface area contributed by atoms with Crippen LogP contribution in [0.15, 0.2) is 42.5 Å². The third-order valence-electron chi connectivity index (χ3n) is 4.76. The zero-order chi connectivity index (χ0) is 20.5. The molecule has 0 spiro atoms. The minimum atomic E-state index is -1.43. The van der Waals surface area contributed by atoms with Crippen molar-refractivity contribution in [2.75, 3.05) is 0 Å². The Hall–Kier alpha value is -3.32. The first kappa shape index (κ1) is 19.0. The first-order chi connectivity index (χ1) is 14.0. The fourth-order valence-electron chi connectivity index (χ4n) is 3.26. The molecule has 0 bridgehead atoms. The van der Waals surface area contributed by atoms with E-state index < -0.39 is 12.0 Å². The lowest BCUT2D eigenvalue weighted by Crippen LogP contribution is -2.28. The number of rotatable bonds is 7. The Balaban J connectivity index is 1.82. The zero-order valence-electron chi connectivity index (χ0n) is 15.1. The van der Waals surface area contributed by atoms with Gasteiger partial charge in [0.25, 0.3) is 0 Å². The van der Waals surface area contributed by atoms with Crippen molar-refractivity contribution in [2.45, 2.75) is 24.8 Å². The number of amides is 1. The third kappa shape index (κ3) is 3.82. The maximum Gasteiger partial charge on any atom is 0.332 e. The molecule has 1 aromatic heterocycles. The van der Waals surface area contributed by atoms with Gasteiger partial charge >= 0.3 is 5.97 Å². The highest BCUT2D eigenvalue weighted by Crippen LogP contribution is 2.46. The van der Waals surface area contributed by atoms with E-state index in [0.29, 0.717) is 33.0 Å². The number of carbonyl (C=O) groups excluding carboxylic acids is 1. The van der Waals surface area contributed by atoms with E-state index in [-0.39, 0.29) is 23.8 Å². The summed E-state index contributed by atoms with van der Waals surface area (Å²) in [4.78, 5) is 26.8. The average molecular weight is 413 g/mol. The minimum absolute atomic E-state index is 0.0810. The molecule has 0 radical (unpaired) electrons. The summed E-state index contributed by atoms with van der Waals surface area (Å²) in [7, 11) is 0. The van der Waals surface area contributed by atoms with Crippen molar-refractivity contribution in [1.82, 2.24) is 10.3 Å². The number of hydrogen-bond donors (Lipinski definition) is 3. The van der Waals surface area contributed by atoms with Crippen molar-refractivity contribution in [1.29, 1.82) is 0 Å². The number of nitrogens with one attached hydrogen (secondary N) is 1.